The molecule has 0 unspecified atom stereocenters. The molecule has 0 atom stereocenters. The van der Waals surface area contributed by atoms with E-state index in [0.29, 0.717) is 6.61 Å². The van der Waals surface area contributed by atoms with Crippen LogP contribution in [0.25, 0.3) is 20.8 Å². The van der Waals surface area contributed by atoms with Gasteiger partial charge in [-0.2, -0.15) is 0 Å². The summed E-state index contributed by atoms with van der Waals surface area (Å²) < 4.78 is 7.31. The first-order chi connectivity index (χ1) is 9.31. The van der Waals surface area contributed by atoms with Crippen molar-refractivity contribution in [3.63, 3.8) is 0 Å². The molecule has 0 N–H and O–H groups in total. The summed E-state index contributed by atoms with van der Waals surface area (Å²) in [7, 11) is 0. The van der Waals surface area contributed by atoms with Crippen LogP contribution in [-0.2, 0) is 4.74 Å². The predicted octanol–water partition coefficient (Wildman–Crippen LogP) is 3.80. The number of hydrogen-bond acceptors (Lipinski definition) is 3. The fourth-order valence-corrected chi connectivity index (χ4v) is 5.07. The average Bonchev–Trinajstić information content (AvgIpc) is 3.05. The molecule has 2 aromatic heterocycles. The average molecular weight is 335 g/mol. The quantitative estimate of drug-likeness (QED) is 0.538. The molecule has 1 aromatic carbocycles. The van der Waals surface area contributed by atoms with E-state index in [1.54, 1.807) is 11.3 Å². The zero-order chi connectivity index (χ0) is 13.2. The minimum absolute atomic E-state index is 0.0418. The maximum absolute atomic E-state index is 12.2. The molecule has 0 aliphatic heterocycles. The van der Waals surface area contributed by atoms with Crippen LogP contribution in [-0.4, -0.2) is 27.1 Å². The molecule has 0 saturated carbocycles. The number of carbonyl (C=O) groups excluding carboxylic acids is 1. The van der Waals surface area contributed by atoms with Crippen molar-refractivity contribution in [3.8, 4) is 11.1 Å². The summed E-state index contributed by atoms with van der Waals surface area (Å²) in [5, 5.41) is 5.31. The molecule has 0 amide bonds. The molecule has 3 rings (SSSR count). The van der Waals surface area contributed by atoms with Gasteiger partial charge in [-0.15, -0.1) is 0 Å². The standard InChI is InChI=1S/C15H12O2SSe/c1-2-17-15(16)14-13(10-7-8-18-9-10)11-5-3-4-6-12(11)19-14/h3-9H,2H2,1H3. The number of rotatable bonds is 3. The van der Waals surface area contributed by atoms with E-state index < -0.39 is 0 Å². The Kier molecular flexibility index (Phi) is 3.56. The van der Waals surface area contributed by atoms with Crippen LogP contribution in [0.2, 0.25) is 0 Å². The molecule has 96 valence electrons. The summed E-state index contributed by atoms with van der Waals surface area (Å²) in [5.41, 5.74) is 2.19. The minimum atomic E-state index is -0.167. The van der Waals surface area contributed by atoms with Gasteiger partial charge in [-0.1, -0.05) is 0 Å². The Bertz CT molecular complexity index is 713. The van der Waals surface area contributed by atoms with Crippen molar-refractivity contribution < 1.29 is 9.53 Å². The molecule has 2 heterocycles. The molecule has 4 heteroatoms. The van der Waals surface area contributed by atoms with Gasteiger partial charge in [0.1, 0.15) is 0 Å². The Hall–Kier alpha value is -1.35. The zero-order valence-electron chi connectivity index (χ0n) is 10.4. The molecule has 0 radical (unpaired) electrons. The first-order valence-corrected chi connectivity index (χ1v) is 8.68. The van der Waals surface area contributed by atoms with E-state index in [-0.39, 0.29) is 20.5 Å². The van der Waals surface area contributed by atoms with E-state index in [1.807, 2.05) is 24.4 Å². The Morgan fingerprint density at radius 1 is 1.32 bits per heavy atom. The van der Waals surface area contributed by atoms with Gasteiger partial charge in [-0.05, 0) is 0 Å². The number of carbonyl (C=O) groups is 1. The van der Waals surface area contributed by atoms with Crippen LogP contribution >= 0.6 is 11.3 Å². The number of esters is 1. The molecule has 3 aromatic rings. The van der Waals surface area contributed by atoms with Crippen LogP contribution in [0.15, 0.2) is 41.1 Å². The monoisotopic (exact) mass is 336 g/mol. The van der Waals surface area contributed by atoms with Crippen molar-refractivity contribution in [2.45, 2.75) is 6.92 Å². The molecule has 0 aliphatic rings. The van der Waals surface area contributed by atoms with E-state index in [9.17, 15) is 4.79 Å². The summed E-state index contributed by atoms with van der Waals surface area (Å²) in [6, 6.07) is 10.3. The van der Waals surface area contributed by atoms with Crippen molar-refractivity contribution in [2.75, 3.05) is 6.61 Å². The Labute approximate surface area is 121 Å². The van der Waals surface area contributed by atoms with Gasteiger partial charge in [0.15, 0.2) is 0 Å². The van der Waals surface area contributed by atoms with Crippen LogP contribution in [0.3, 0.4) is 0 Å². The molecule has 19 heavy (non-hydrogen) atoms. The molecule has 0 fully saturated rings. The molecular weight excluding hydrogens is 323 g/mol. The summed E-state index contributed by atoms with van der Waals surface area (Å²) in [6.07, 6.45) is 0. The first kappa shape index (κ1) is 12.7. The van der Waals surface area contributed by atoms with Gasteiger partial charge in [-0.25, -0.2) is 0 Å². The topological polar surface area (TPSA) is 26.3 Å². The van der Waals surface area contributed by atoms with Gasteiger partial charge < -0.3 is 0 Å². The third kappa shape index (κ3) is 2.27. The van der Waals surface area contributed by atoms with Crippen molar-refractivity contribution in [2.24, 2.45) is 0 Å². The molecule has 2 nitrogen and oxygen atoms in total. The van der Waals surface area contributed by atoms with Gasteiger partial charge in [0.25, 0.3) is 0 Å². The Morgan fingerprint density at radius 2 is 2.16 bits per heavy atom. The second-order valence-corrected chi connectivity index (χ2v) is 7.02. The van der Waals surface area contributed by atoms with Crippen LogP contribution in [0, 0.1) is 0 Å². The number of benzene rings is 1. The fourth-order valence-electron chi connectivity index (χ4n) is 2.08. The van der Waals surface area contributed by atoms with Gasteiger partial charge in [0, 0.05) is 0 Å². The number of fused-ring (bicyclic) bond motifs is 1. The molecule has 0 saturated heterocycles. The van der Waals surface area contributed by atoms with Crippen LogP contribution < -0.4 is 0 Å². The first-order valence-electron chi connectivity index (χ1n) is 6.02. The summed E-state index contributed by atoms with van der Waals surface area (Å²) in [4.78, 5) is 12.2. The fraction of sp³-hybridized carbons (Fsp3) is 0.133. The van der Waals surface area contributed by atoms with Crippen LogP contribution in [0.4, 0.5) is 0 Å². The summed E-state index contributed by atoms with van der Waals surface area (Å²) >= 11 is 1.69. The van der Waals surface area contributed by atoms with Gasteiger partial charge in [-0.3, -0.25) is 0 Å². The molecule has 0 aliphatic carbocycles. The van der Waals surface area contributed by atoms with E-state index in [0.717, 1.165) is 15.6 Å². The van der Waals surface area contributed by atoms with Crippen LogP contribution in [0.1, 0.15) is 16.2 Å². The summed E-state index contributed by atoms with van der Waals surface area (Å²) in [5.74, 6) is -0.167. The second-order valence-electron chi connectivity index (χ2n) is 4.03. The molecule has 0 spiro atoms. The number of thiophene rings is 1. The van der Waals surface area contributed by atoms with E-state index in [2.05, 4.69) is 23.6 Å². The van der Waals surface area contributed by atoms with Gasteiger partial charge in [0.2, 0.25) is 0 Å². The Balaban J connectivity index is 2.26. The van der Waals surface area contributed by atoms with Gasteiger partial charge >= 0.3 is 121 Å². The van der Waals surface area contributed by atoms with Crippen molar-refractivity contribution in [3.05, 3.63) is 45.5 Å². The molecular formula is C15H12O2SSe. The van der Waals surface area contributed by atoms with Crippen molar-refractivity contribution in [1.29, 1.82) is 0 Å². The van der Waals surface area contributed by atoms with E-state index in [1.165, 1.54) is 9.65 Å². The predicted molar refractivity (Wildman–Crippen MR) is 80.2 cm³/mol. The third-order valence-electron chi connectivity index (χ3n) is 2.87. The zero-order valence-corrected chi connectivity index (χ0v) is 12.9. The maximum atomic E-state index is 12.2. The summed E-state index contributed by atoms with van der Waals surface area (Å²) in [6.45, 7) is 2.27. The number of hydrogen-bond donors (Lipinski definition) is 0. The van der Waals surface area contributed by atoms with E-state index in [4.69, 9.17) is 4.74 Å². The molecule has 0 bridgehead atoms. The van der Waals surface area contributed by atoms with Crippen LogP contribution in [0.5, 0.6) is 0 Å². The second kappa shape index (κ2) is 5.33. The van der Waals surface area contributed by atoms with Crippen molar-refractivity contribution >= 4 is 41.5 Å². The normalized spacial score (nSPS) is 10.8. The Morgan fingerprint density at radius 3 is 2.89 bits per heavy atom. The van der Waals surface area contributed by atoms with Gasteiger partial charge in [0.05, 0.1) is 0 Å². The van der Waals surface area contributed by atoms with Crippen molar-refractivity contribution in [1.82, 2.24) is 0 Å². The third-order valence-corrected chi connectivity index (χ3v) is 5.96. The SMILES string of the molecule is CCOC(=O)c1[se]c2ccccc2c1-c1ccsc1. The van der Waals surface area contributed by atoms with E-state index >= 15 is 0 Å². The number of ether oxygens (including phenoxy) is 1.